The van der Waals surface area contributed by atoms with Gasteiger partial charge in [-0.15, -0.1) is 0 Å². The Morgan fingerprint density at radius 2 is 2.25 bits per heavy atom. The van der Waals surface area contributed by atoms with E-state index < -0.39 is 0 Å². The predicted molar refractivity (Wildman–Crippen MR) is 64.6 cm³/mol. The van der Waals surface area contributed by atoms with Crippen LogP contribution in [0, 0.1) is 6.92 Å². The van der Waals surface area contributed by atoms with E-state index in [1.165, 1.54) is 0 Å². The van der Waals surface area contributed by atoms with Gasteiger partial charge >= 0.3 is 0 Å². The fourth-order valence-electron chi connectivity index (χ4n) is 1.83. The first-order valence-corrected chi connectivity index (χ1v) is 5.81. The lowest BCUT2D eigenvalue weighted by Gasteiger charge is -2.27. The van der Waals surface area contributed by atoms with Crippen LogP contribution in [0.4, 0.5) is 5.82 Å². The van der Waals surface area contributed by atoms with Gasteiger partial charge in [-0.1, -0.05) is 0 Å². The second kappa shape index (κ2) is 5.77. The van der Waals surface area contributed by atoms with Gasteiger partial charge in [0.2, 0.25) is 0 Å². The molecule has 0 aliphatic carbocycles. The molecule has 1 aromatic rings. The molecular formula is C11H19N5. The van der Waals surface area contributed by atoms with Crippen molar-refractivity contribution in [2.24, 2.45) is 0 Å². The zero-order valence-electron chi connectivity index (χ0n) is 9.74. The molecule has 16 heavy (non-hydrogen) atoms. The van der Waals surface area contributed by atoms with Crippen molar-refractivity contribution in [3.63, 3.8) is 0 Å². The molecule has 1 aliphatic rings. The number of nitrogens with one attached hydrogen (secondary N) is 2. The van der Waals surface area contributed by atoms with E-state index >= 15 is 0 Å². The van der Waals surface area contributed by atoms with Gasteiger partial charge in [0.25, 0.3) is 0 Å². The minimum absolute atomic E-state index is 0.812. The molecule has 2 N–H and O–H groups in total. The molecule has 0 unspecified atom stereocenters. The van der Waals surface area contributed by atoms with Gasteiger partial charge in [-0.2, -0.15) is 0 Å². The molecule has 2 heterocycles. The third-order valence-electron chi connectivity index (χ3n) is 2.72. The van der Waals surface area contributed by atoms with Crippen LogP contribution in [0.15, 0.2) is 12.3 Å². The number of nitrogens with zero attached hydrogens (tertiary/aromatic N) is 3. The van der Waals surface area contributed by atoms with Gasteiger partial charge in [0, 0.05) is 45.5 Å². The highest BCUT2D eigenvalue weighted by atomic mass is 15.2. The van der Waals surface area contributed by atoms with E-state index in [4.69, 9.17) is 0 Å². The summed E-state index contributed by atoms with van der Waals surface area (Å²) < 4.78 is 0. The minimum atomic E-state index is 0.812. The topological polar surface area (TPSA) is 53.1 Å². The Balaban J connectivity index is 1.71. The molecular weight excluding hydrogens is 202 g/mol. The Labute approximate surface area is 96.3 Å². The van der Waals surface area contributed by atoms with Crippen LogP contribution >= 0.6 is 0 Å². The number of aryl methyl sites for hydroxylation is 1. The summed E-state index contributed by atoms with van der Waals surface area (Å²) in [4.78, 5) is 10.8. The first-order chi connectivity index (χ1) is 7.84. The lowest BCUT2D eigenvalue weighted by molar-refractivity contribution is 0.249. The summed E-state index contributed by atoms with van der Waals surface area (Å²) >= 11 is 0. The van der Waals surface area contributed by atoms with E-state index in [0.717, 1.165) is 50.9 Å². The number of aromatic nitrogens is 2. The highest BCUT2D eigenvalue weighted by Gasteiger charge is 2.08. The summed E-state index contributed by atoms with van der Waals surface area (Å²) in [6.45, 7) is 8.41. The Bertz CT molecular complexity index is 322. The maximum absolute atomic E-state index is 4.30. The van der Waals surface area contributed by atoms with Crippen LogP contribution in [0.1, 0.15) is 5.82 Å². The van der Waals surface area contributed by atoms with E-state index in [1.54, 1.807) is 6.20 Å². The minimum Gasteiger partial charge on any atom is -0.369 e. The maximum Gasteiger partial charge on any atom is 0.129 e. The highest BCUT2D eigenvalue weighted by molar-refractivity contribution is 5.32. The van der Waals surface area contributed by atoms with Gasteiger partial charge in [0.15, 0.2) is 0 Å². The third kappa shape index (κ3) is 3.43. The number of hydrogen-bond acceptors (Lipinski definition) is 5. The molecule has 0 bridgehead atoms. The second-order valence-electron chi connectivity index (χ2n) is 4.01. The predicted octanol–water partition coefficient (Wildman–Crippen LogP) is 0.102. The zero-order valence-corrected chi connectivity index (χ0v) is 9.74. The molecule has 1 fully saturated rings. The van der Waals surface area contributed by atoms with Gasteiger partial charge in [0.1, 0.15) is 11.6 Å². The molecule has 0 amide bonds. The van der Waals surface area contributed by atoms with Gasteiger partial charge in [-0.3, -0.25) is 4.90 Å². The molecule has 1 aliphatic heterocycles. The van der Waals surface area contributed by atoms with Crippen LogP contribution in [0.2, 0.25) is 0 Å². The van der Waals surface area contributed by atoms with Crippen LogP contribution in [0.5, 0.6) is 0 Å². The Hall–Kier alpha value is -1.20. The Kier molecular flexibility index (Phi) is 4.07. The third-order valence-corrected chi connectivity index (χ3v) is 2.72. The normalized spacial score (nSPS) is 17.3. The molecule has 0 radical (unpaired) electrons. The Morgan fingerprint density at radius 3 is 3.00 bits per heavy atom. The molecule has 0 atom stereocenters. The number of piperazine rings is 1. The molecule has 0 aromatic carbocycles. The SMILES string of the molecule is Cc1nccc(NCCN2CCNCC2)n1. The van der Waals surface area contributed by atoms with E-state index in [1.807, 2.05) is 13.0 Å². The van der Waals surface area contributed by atoms with Gasteiger partial charge in [-0.25, -0.2) is 9.97 Å². The molecule has 5 nitrogen and oxygen atoms in total. The van der Waals surface area contributed by atoms with E-state index in [9.17, 15) is 0 Å². The summed E-state index contributed by atoms with van der Waals surface area (Å²) in [5.74, 6) is 1.73. The standard InChI is InChI=1S/C11H19N5/c1-10-13-3-2-11(15-10)14-6-9-16-7-4-12-5-8-16/h2-3,12H,4-9H2,1H3,(H,13,14,15). The van der Waals surface area contributed by atoms with E-state index in [2.05, 4.69) is 25.5 Å². The first kappa shape index (κ1) is 11.3. The van der Waals surface area contributed by atoms with Crippen LogP contribution in [-0.4, -0.2) is 54.1 Å². The molecule has 0 spiro atoms. The van der Waals surface area contributed by atoms with Crippen molar-refractivity contribution in [3.8, 4) is 0 Å². The monoisotopic (exact) mass is 221 g/mol. The van der Waals surface area contributed by atoms with Crippen LogP contribution in [-0.2, 0) is 0 Å². The summed E-state index contributed by atoms with van der Waals surface area (Å²) in [7, 11) is 0. The van der Waals surface area contributed by atoms with E-state index in [-0.39, 0.29) is 0 Å². The van der Waals surface area contributed by atoms with Gasteiger partial charge < -0.3 is 10.6 Å². The van der Waals surface area contributed by atoms with Gasteiger partial charge in [0.05, 0.1) is 0 Å². The van der Waals surface area contributed by atoms with Gasteiger partial charge in [-0.05, 0) is 13.0 Å². The lowest BCUT2D eigenvalue weighted by atomic mass is 10.3. The fourth-order valence-corrected chi connectivity index (χ4v) is 1.83. The largest absolute Gasteiger partial charge is 0.369 e. The highest BCUT2D eigenvalue weighted by Crippen LogP contribution is 2.00. The molecule has 1 saturated heterocycles. The van der Waals surface area contributed by atoms with Crippen molar-refractivity contribution in [1.29, 1.82) is 0 Å². The molecule has 2 rings (SSSR count). The van der Waals surface area contributed by atoms with Crippen LogP contribution in [0.3, 0.4) is 0 Å². The average Bonchev–Trinajstić information content (AvgIpc) is 2.30. The second-order valence-corrected chi connectivity index (χ2v) is 4.01. The maximum atomic E-state index is 4.30. The van der Waals surface area contributed by atoms with E-state index in [0.29, 0.717) is 0 Å². The summed E-state index contributed by atoms with van der Waals surface area (Å²) in [5.41, 5.74) is 0. The molecule has 5 heteroatoms. The number of anilines is 1. The Morgan fingerprint density at radius 1 is 1.44 bits per heavy atom. The van der Waals surface area contributed by atoms with Crippen molar-refractivity contribution in [3.05, 3.63) is 18.1 Å². The van der Waals surface area contributed by atoms with Crippen molar-refractivity contribution in [2.75, 3.05) is 44.6 Å². The summed E-state index contributed by atoms with van der Waals surface area (Å²) in [5, 5.41) is 6.67. The smallest absolute Gasteiger partial charge is 0.129 e. The van der Waals surface area contributed by atoms with Crippen LogP contribution in [0.25, 0.3) is 0 Å². The van der Waals surface area contributed by atoms with Crippen molar-refractivity contribution >= 4 is 5.82 Å². The summed E-state index contributed by atoms with van der Waals surface area (Å²) in [6.07, 6.45) is 1.79. The number of hydrogen-bond donors (Lipinski definition) is 2. The van der Waals surface area contributed by atoms with Crippen molar-refractivity contribution in [2.45, 2.75) is 6.92 Å². The molecule has 88 valence electrons. The molecule has 1 aromatic heterocycles. The quantitative estimate of drug-likeness (QED) is 0.755. The molecule has 0 saturated carbocycles. The van der Waals surface area contributed by atoms with Crippen LogP contribution < -0.4 is 10.6 Å². The zero-order chi connectivity index (χ0) is 11.2. The first-order valence-electron chi connectivity index (χ1n) is 5.81. The average molecular weight is 221 g/mol. The van der Waals surface area contributed by atoms with Crippen molar-refractivity contribution < 1.29 is 0 Å². The fraction of sp³-hybridized carbons (Fsp3) is 0.636. The van der Waals surface area contributed by atoms with Crippen molar-refractivity contribution in [1.82, 2.24) is 20.2 Å². The lowest BCUT2D eigenvalue weighted by Crippen LogP contribution is -2.45. The number of rotatable bonds is 4. The summed E-state index contributed by atoms with van der Waals surface area (Å²) in [6, 6.07) is 1.91.